The zero-order valence-corrected chi connectivity index (χ0v) is 11.0. The van der Waals surface area contributed by atoms with E-state index in [2.05, 4.69) is 12.6 Å². The van der Waals surface area contributed by atoms with Crippen molar-refractivity contribution in [1.82, 2.24) is 4.90 Å². The number of thioether (sulfide) groups is 1. The largest absolute Gasteiger partial charge is 0.337 e. The van der Waals surface area contributed by atoms with Gasteiger partial charge in [-0.25, -0.2) is 0 Å². The summed E-state index contributed by atoms with van der Waals surface area (Å²) in [6.07, 6.45) is 0. The zero-order chi connectivity index (χ0) is 11.5. The van der Waals surface area contributed by atoms with Crippen LogP contribution in [0, 0.1) is 6.92 Å². The highest BCUT2D eigenvalue weighted by Gasteiger charge is 2.19. The van der Waals surface area contributed by atoms with Crippen LogP contribution in [0.3, 0.4) is 0 Å². The standard InChI is InChI=1S/C12H15NOS2/c1-9-2-3-10(15)8-11(9)12(14)13-4-6-16-7-5-13/h2-3,8,15H,4-7H2,1H3. The fourth-order valence-electron chi connectivity index (χ4n) is 1.78. The smallest absolute Gasteiger partial charge is 0.254 e. The van der Waals surface area contributed by atoms with E-state index in [1.807, 2.05) is 41.8 Å². The van der Waals surface area contributed by atoms with E-state index in [1.165, 1.54) is 0 Å². The minimum Gasteiger partial charge on any atom is -0.337 e. The van der Waals surface area contributed by atoms with Crippen molar-refractivity contribution < 1.29 is 4.79 Å². The van der Waals surface area contributed by atoms with Gasteiger partial charge in [0, 0.05) is 35.1 Å². The number of nitrogens with zero attached hydrogens (tertiary/aromatic N) is 1. The summed E-state index contributed by atoms with van der Waals surface area (Å²) in [5.41, 5.74) is 1.82. The number of benzene rings is 1. The molecule has 1 saturated heterocycles. The number of aryl methyl sites for hydroxylation is 1. The van der Waals surface area contributed by atoms with Crippen molar-refractivity contribution in [2.45, 2.75) is 11.8 Å². The predicted molar refractivity (Wildman–Crippen MR) is 71.7 cm³/mol. The lowest BCUT2D eigenvalue weighted by molar-refractivity contribution is 0.0771. The molecule has 2 rings (SSSR count). The Balaban J connectivity index is 2.22. The van der Waals surface area contributed by atoms with Crippen LogP contribution in [0.5, 0.6) is 0 Å². The molecule has 0 radical (unpaired) electrons. The molecule has 0 spiro atoms. The van der Waals surface area contributed by atoms with Gasteiger partial charge >= 0.3 is 0 Å². The van der Waals surface area contributed by atoms with Crippen LogP contribution >= 0.6 is 24.4 Å². The lowest BCUT2D eigenvalue weighted by Crippen LogP contribution is -2.38. The van der Waals surface area contributed by atoms with Crippen LogP contribution < -0.4 is 0 Å². The van der Waals surface area contributed by atoms with Gasteiger partial charge in [-0.15, -0.1) is 12.6 Å². The second-order valence-corrected chi connectivity index (χ2v) is 5.64. The summed E-state index contributed by atoms with van der Waals surface area (Å²) in [6, 6.07) is 5.73. The molecule has 0 N–H and O–H groups in total. The fraction of sp³-hybridized carbons (Fsp3) is 0.417. The molecule has 1 heterocycles. The van der Waals surface area contributed by atoms with E-state index < -0.39 is 0 Å². The molecule has 4 heteroatoms. The third-order valence-electron chi connectivity index (χ3n) is 2.75. The summed E-state index contributed by atoms with van der Waals surface area (Å²) in [4.78, 5) is 15.0. The van der Waals surface area contributed by atoms with Gasteiger partial charge in [-0.1, -0.05) is 6.07 Å². The molecule has 0 atom stereocenters. The van der Waals surface area contributed by atoms with Crippen molar-refractivity contribution in [2.24, 2.45) is 0 Å². The summed E-state index contributed by atoms with van der Waals surface area (Å²) in [5, 5.41) is 0. The maximum absolute atomic E-state index is 12.3. The van der Waals surface area contributed by atoms with Gasteiger partial charge in [-0.05, 0) is 24.6 Å². The van der Waals surface area contributed by atoms with Crippen molar-refractivity contribution >= 4 is 30.3 Å². The first-order valence-corrected chi connectivity index (χ1v) is 6.95. The van der Waals surface area contributed by atoms with Crippen LogP contribution in [0.1, 0.15) is 15.9 Å². The minimum absolute atomic E-state index is 0.147. The highest BCUT2D eigenvalue weighted by atomic mass is 32.2. The maximum atomic E-state index is 12.3. The number of carbonyl (C=O) groups is 1. The van der Waals surface area contributed by atoms with Gasteiger partial charge in [0.1, 0.15) is 0 Å². The molecule has 1 fully saturated rings. The fourth-order valence-corrected chi connectivity index (χ4v) is 2.88. The van der Waals surface area contributed by atoms with Crippen molar-refractivity contribution in [1.29, 1.82) is 0 Å². The third kappa shape index (κ3) is 2.55. The van der Waals surface area contributed by atoms with E-state index in [4.69, 9.17) is 0 Å². The maximum Gasteiger partial charge on any atom is 0.254 e. The summed E-state index contributed by atoms with van der Waals surface area (Å²) in [7, 11) is 0. The highest BCUT2D eigenvalue weighted by Crippen LogP contribution is 2.18. The number of hydrogen-bond acceptors (Lipinski definition) is 3. The second-order valence-electron chi connectivity index (χ2n) is 3.90. The number of carbonyl (C=O) groups excluding carboxylic acids is 1. The van der Waals surface area contributed by atoms with Gasteiger partial charge in [0.05, 0.1) is 0 Å². The van der Waals surface area contributed by atoms with E-state index in [-0.39, 0.29) is 5.91 Å². The number of thiol groups is 1. The van der Waals surface area contributed by atoms with Crippen LogP contribution in [-0.4, -0.2) is 35.4 Å². The Morgan fingerprint density at radius 2 is 2.06 bits per heavy atom. The quantitative estimate of drug-likeness (QED) is 0.776. The molecule has 1 aromatic carbocycles. The van der Waals surface area contributed by atoms with E-state index in [0.29, 0.717) is 0 Å². The normalized spacial score (nSPS) is 16.2. The monoisotopic (exact) mass is 253 g/mol. The molecule has 1 amide bonds. The Kier molecular flexibility index (Phi) is 3.82. The number of amides is 1. The van der Waals surface area contributed by atoms with Crippen molar-refractivity contribution in [3.63, 3.8) is 0 Å². The molecule has 86 valence electrons. The number of hydrogen-bond donors (Lipinski definition) is 1. The Hall–Kier alpha value is -0.610. The molecular formula is C12H15NOS2. The SMILES string of the molecule is Cc1ccc(S)cc1C(=O)N1CCSCC1. The van der Waals surface area contributed by atoms with Gasteiger partial charge in [0.2, 0.25) is 0 Å². The summed E-state index contributed by atoms with van der Waals surface area (Å²) >= 11 is 6.19. The first-order chi connectivity index (χ1) is 7.68. The molecular weight excluding hydrogens is 238 g/mol. The van der Waals surface area contributed by atoms with Crippen LogP contribution in [0.4, 0.5) is 0 Å². The first kappa shape index (κ1) is 11.9. The Bertz CT molecular complexity index is 400. The number of rotatable bonds is 1. The summed E-state index contributed by atoms with van der Waals surface area (Å²) in [5.74, 6) is 2.24. The van der Waals surface area contributed by atoms with Gasteiger partial charge < -0.3 is 4.90 Å². The van der Waals surface area contributed by atoms with E-state index in [0.717, 1.165) is 40.6 Å². The van der Waals surface area contributed by atoms with E-state index in [9.17, 15) is 4.79 Å². The average molecular weight is 253 g/mol. The molecule has 0 aromatic heterocycles. The van der Waals surface area contributed by atoms with Gasteiger partial charge in [-0.3, -0.25) is 4.79 Å². The Morgan fingerprint density at radius 1 is 1.38 bits per heavy atom. The van der Waals surface area contributed by atoms with Gasteiger partial charge in [0.15, 0.2) is 0 Å². The van der Waals surface area contributed by atoms with E-state index >= 15 is 0 Å². The van der Waals surface area contributed by atoms with Crippen molar-refractivity contribution in [2.75, 3.05) is 24.6 Å². The first-order valence-electron chi connectivity index (χ1n) is 5.35. The van der Waals surface area contributed by atoms with Crippen LogP contribution in [0.2, 0.25) is 0 Å². The van der Waals surface area contributed by atoms with Crippen molar-refractivity contribution in [3.05, 3.63) is 29.3 Å². The zero-order valence-electron chi connectivity index (χ0n) is 9.27. The summed E-state index contributed by atoms with van der Waals surface area (Å²) in [6.45, 7) is 3.69. The van der Waals surface area contributed by atoms with E-state index in [1.54, 1.807) is 0 Å². The molecule has 16 heavy (non-hydrogen) atoms. The predicted octanol–water partition coefficient (Wildman–Crippen LogP) is 2.47. The molecule has 0 bridgehead atoms. The highest BCUT2D eigenvalue weighted by molar-refractivity contribution is 7.99. The van der Waals surface area contributed by atoms with Crippen LogP contribution in [-0.2, 0) is 0 Å². The Labute approximate surface area is 106 Å². The lowest BCUT2D eigenvalue weighted by Gasteiger charge is -2.27. The van der Waals surface area contributed by atoms with Crippen molar-refractivity contribution in [3.8, 4) is 0 Å². The van der Waals surface area contributed by atoms with Gasteiger partial charge in [-0.2, -0.15) is 11.8 Å². The van der Waals surface area contributed by atoms with Crippen LogP contribution in [0.15, 0.2) is 23.1 Å². The topological polar surface area (TPSA) is 20.3 Å². The third-order valence-corrected chi connectivity index (χ3v) is 3.97. The molecule has 1 aliphatic rings. The molecule has 0 unspecified atom stereocenters. The molecule has 2 nitrogen and oxygen atoms in total. The lowest BCUT2D eigenvalue weighted by atomic mass is 10.1. The van der Waals surface area contributed by atoms with Crippen LogP contribution in [0.25, 0.3) is 0 Å². The Morgan fingerprint density at radius 3 is 2.75 bits per heavy atom. The molecule has 0 aliphatic carbocycles. The second kappa shape index (κ2) is 5.15. The minimum atomic E-state index is 0.147. The molecule has 1 aromatic rings. The average Bonchev–Trinajstić information content (AvgIpc) is 2.32. The summed E-state index contributed by atoms with van der Waals surface area (Å²) < 4.78 is 0. The molecule has 0 saturated carbocycles. The molecule has 1 aliphatic heterocycles. The van der Waals surface area contributed by atoms with Gasteiger partial charge in [0.25, 0.3) is 5.91 Å².